The van der Waals surface area contributed by atoms with Gasteiger partial charge >= 0.3 is 12.3 Å². The predicted octanol–water partition coefficient (Wildman–Crippen LogP) is 3.58. The van der Waals surface area contributed by atoms with E-state index in [4.69, 9.17) is 5.11 Å². The molecular weight excluding hydrogens is 309 g/mol. The van der Waals surface area contributed by atoms with Crippen LogP contribution in [0.25, 0.3) is 6.08 Å². The number of halogens is 3. The molecule has 0 aliphatic rings. The lowest BCUT2D eigenvalue weighted by atomic mass is 10.1. The minimum Gasteiger partial charge on any atom is -0.478 e. The first-order valence-corrected chi connectivity index (χ1v) is 6.60. The second kappa shape index (κ2) is 7.16. The lowest BCUT2D eigenvalue weighted by Gasteiger charge is -2.10. The van der Waals surface area contributed by atoms with E-state index in [1.807, 2.05) is 0 Å². The van der Waals surface area contributed by atoms with Gasteiger partial charge in [-0.2, -0.15) is 0 Å². The first-order valence-electron chi connectivity index (χ1n) is 5.61. The Morgan fingerprint density at radius 3 is 2.52 bits per heavy atom. The fourth-order valence-electron chi connectivity index (χ4n) is 1.38. The van der Waals surface area contributed by atoms with Crippen molar-refractivity contribution in [2.45, 2.75) is 13.3 Å². The summed E-state index contributed by atoms with van der Waals surface area (Å²) in [6, 6.07) is 3.06. The molecule has 0 aliphatic carbocycles. The van der Waals surface area contributed by atoms with E-state index in [0.29, 0.717) is 5.75 Å². The lowest BCUT2D eigenvalue weighted by Crippen LogP contribution is -2.17. The normalized spacial score (nSPS) is 11.6. The van der Waals surface area contributed by atoms with Crippen molar-refractivity contribution in [1.29, 1.82) is 0 Å². The maximum Gasteiger partial charge on any atom is 0.573 e. The zero-order valence-corrected chi connectivity index (χ0v) is 11.6. The molecule has 0 aromatic heterocycles. The van der Waals surface area contributed by atoms with Gasteiger partial charge in [-0.3, -0.25) is 4.79 Å². The van der Waals surface area contributed by atoms with Crippen LogP contribution < -0.4 is 4.74 Å². The van der Waals surface area contributed by atoms with Crippen molar-refractivity contribution in [2.24, 2.45) is 0 Å². The molecule has 0 saturated heterocycles. The van der Waals surface area contributed by atoms with Crippen LogP contribution in [0.1, 0.15) is 22.8 Å². The van der Waals surface area contributed by atoms with Gasteiger partial charge in [-0.1, -0.05) is 23.9 Å². The van der Waals surface area contributed by atoms with Gasteiger partial charge in [0.2, 0.25) is 0 Å². The van der Waals surface area contributed by atoms with Gasteiger partial charge < -0.3 is 9.84 Å². The number of hydrogen-bond acceptors (Lipinski definition) is 4. The van der Waals surface area contributed by atoms with E-state index in [1.54, 1.807) is 6.08 Å². The number of alkyl halides is 3. The van der Waals surface area contributed by atoms with E-state index in [9.17, 15) is 22.8 Å². The minimum atomic E-state index is -4.90. The van der Waals surface area contributed by atoms with Gasteiger partial charge in [0.15, 0.2) is 5.12 Å². The fraction of sp³-hybridized carbons (Fsp3) is 0.231. The Kier molecular flexibility index (Phi) is 5.83. The Labute approximate surface area is 122 Å². The zero-order valence-electron chi connectivity index (χ0n) is 10.8. The van der Waals surface area contributed by atoms with Gasteiger partial charge in [0.1, 0.15) is 5.75 Å². The number of carbonyl (C=O) groups excluding carboxylic acids is 1. The van der Waals surface area contributed by atoms with Crippen LogP contribution >= 0.6 is 11.8 Å². The molecule has 1 aromatic rings. The number of benzene rings is 1. The monoisotopic (exact) mass is 320 g/mol. The van der Waals surface area contributed by atoms with Crippen molar-refractivity contribution < 1.29 is 32.6 Å². The molecule has 1 N–H and O–H groups in total. The Morgan fingerprint density at radius 1 is 1.33 bits per heavy atom. The Bertz CT molecular complexity index is 567. The van der Waals surface area contributed by atoms with Gasteiger partial charge in [-0.25, -0.2) is 4.79 Å². The van der Waals surface area contributed by atoms with Crippen LogP contribution in [-0.2, 0) is 4.79 Å². The third kappa shape index (κ3) is 6.84. The number of carbonyl (C=O) groups is 2. The highest BCUT2D eigenvalue weighted by atomic mass is 32.2. The molecule has 8 heteroatoms. The van der Waals surface area contributed by atoms with E-state index >= 15 is 0 Å². The molecule has 0 amide bonds. The first-order chi connectivity index (χ1) is 9.67. The van der Waals surface area contributed by atoms with Crippen molar-refractivity contribution in [1.82, 2.24) is 0 Å². The molecule has 0 unspecified atom stereocenters. The van der Waals surface area contributed by atoms with Crippen LogP contribution in [0.4, 0.5) is 13.2 Å². The highest BCUT2D eigenvalue weighted by Crippen LogP contribution is 2.25. The standard InChI is InChI=1S/C13H11F3O4S/c1-8(17)21-4-2-3-9-5-10(12(18)19)7-11(6-9)20-13(14,15)16/h2-3,5-7H,4H2,1H3,(H,18,19). The molecule has 21 heavy (non-hydrogen) atoms. The Balaban J connectivity index is 2.97. The minimum absolute atomic E-state index is 0.0972. The maximum absolute atomic E-state index is 12.2. The Morgan fingerprint density at radius 2 is 2.00 bits per heavy atom. The quantitative estimate of drug-likeness (QED) is 0.898. The summed E-state index contributed by atoms with van der Waals surface area (Å²) < 4.78 is 40.2. The third-order valence-corrected chi connectivity index (χ3v) is 2.87. The summed E-state index contributed by atoms with van der Waals surface area (Å²) in [7, 11) is 0. The van der Waals surface area contributed by atoms with Crippen LogP contribution in [0.5, 0.6) is 5.75 Å². The van der Waals surface area contributed by atoms with E-state index in [1.165, 1.54) is 19.1 Å². The molecule has 0 heterocycles. The predicted molar refractivity (Wildman–Crippen MR) is 72.3 cm³/mol. The summed E-state index contributed by atoms with van der Waals surface area (Å²) in [6.07, 6.45) is -1.93. The van der Waals surface area contributed by atoms with Crippen molar-refractivity contribution in [3.05, 3.63) is 35.4 Å². The van der Waals surface area contributed by atoms with Crippen molar-refractivity contribution in [3.8, 4) is 5.75 Å². The molecule has 1 rings (SSSR count). The highest BCUT2D eigenvalue weighted by molar-refractivity contribution is 8.13. The van der Waals surface area contributed by atoms with E-state index in [-0.39, 0.29) is 16.2 Å². The average molecular weight is 320 g/mol. The van der Waals surface area contributed by atoms with Gasteiger partial charge in [-0.15, -0.1) is 13.2 Å². The van der Waals surface area contributed by atoms with Gasteiger partial charge in [0.25, 0.3) is 0 Å². The van der Waals surface area contributed by atoms with Crippen LogP contribution in [0.3, 0.4) is 0 Å². The number of hydrogen-bond donors (Lipinski definition) is 1. The van der Waals surface area contributed by atoms with Crippen LogP contribution in [0, 0.1) is 0 Å². The van der Waals surface area contributed by atoms with Crippen molar-refractivity contribution in [2.75, 3.05) is 5.75 Å². The summed E-state index contributed by atoms with van der Waals surface area (Å²) in [5.74, 6) is -1.64. The second-order valence-corrected chi connectivity index (χ2v) is 5.05. The van der Waals surface area contributed by atoms with Crippen LogP contribution in [-0.4, -0.2) is 28.3 Å². The highest BCUT2D eigenvalue weighted by Gasteiger charge is 2.31. The Hall–Kier alpha value is -1.96. The van der Waals surface area contributed by atoms with E-state index in [2.05, 4.69) is 4.74 Å². The van der Waals surface area contributed by atoms with E-state index in [0.717, 1.165) is 23.9 Å². The zero-order chi connectivity index (χ0) is 16.0. The first kappa shape index (κ1) is 17.1. The topological polar surface area (TPSA) is 63.6 Å². The number of carboxylic acids is 1. The summed E-state index contributed by atoms with van der Waals surface area (Å²) in [4.78, 5) is 21.6. The van der Waals surface area contributed by atoms with Gasteiger partial charge in [0, 0.05) is 12.7 Å². The number of thioether (sulfide) groups is 1. The fourth-order valence-corrected chi connectivity index (χ4v) is 1.81. The van der Waals surface area contributed by atoms with Gasteiger partial charge in [-0.05, 0) is 23.8 Å². The van der Waals surface area contributed by atoms with Crippen molar-refractivity contribution in [3.63, 3.8) is 0 Å². The largest absolute Gasteiger partial charge is 0.573 e. The number of aromatic carboxylic acids is 1. The number of rotatable bonds is 5. The van der Waals surface area contributed by atoms with Crippen molar-refractivity contribution >= 4 is 28.9 Å². The molecule has 0 bridgehead atoms. The summed E-state index contributed by atoms with van der Waals surface area (Å²) in [5.41, 5.74) is -0.0890. The third-order valence-electron chi connectivity index (χ3n) is 2.10. The van der Waals surface area contributed by atoms with Gasteiger partial charge in [0.05, 0.1) is 5.56 Å². The molecule has 0 radical (unpaired) electrons. The number of carboxylic acid groups (broad SMARTS) is 1. The molecule has 114 valence electrons. The molecule has 0 saturated carbocycles. The summed E-state index contributed by atoms with van der Waals surface area (Å²) in [5, 5.41) is 8.77. The molecular formula is C13H11F3O4S. The molecule has 0 atom stereocenters. The van der Waals surface area contributed by atoms with Crippen LogP contribution in [0.2, 0.25) is 0 Å². The molecule has 0 spiro atoms. The average Bonchev–Trinajstić information content (AvgIpc) is 2.32. The SMILES string of the molecule is CC(=O)SCC=Cc1cc(OC(F)(F)F)cc(C(=O)O)c1. The molecule has 0 aliphatic heterocycles. The smallest absolute Gasteiger partial charge is 0.478 e. The molecule has 1 aromatic carbocycles. The summed E-state index contributed by atoms with van der Waals surface area (Å²) >= 11 is 1.02. The maximum atomic E-state index is 12.2. The lowest BCUT2D eigenvalue weighted by molar-refractivity contribution is -0.274. The summed E-state index contributed by atoms with van der Waals surface area (Å²) in [6.45, 7) is 1.39. The molecule has 0 fully saturated rings. The number of ether oxygens (including phenoxy) is 1. The molecule has 4 nitrogen and oxygen atoms in total. The van der Waals surface area contributed by atoms with E-state index < -0.39 is 18.1 Å². The van der Waals surface area contributed by atoms with Crippen LogP contribution in [0.15, 0.2) is 24.3 Å². The second-order valence-electron chi connectivity index (χ2n) is 3.85.